The van der Waals surface area contributed by atoms with Crippen LogP contribution >= 0.6 is 15.9 Å². The Hall–Kier alpha value is -1.40. The van der Waals surface area contributed by atoms with Crippen LogP contribution in [0.2, 0.25) is 0 Å². The quantitative estimate of drug-likeness (QED) is 0.791. The average Bonchev–Trinajstić information content (AvgIpc) is 2.61. The van der Waals surface area contributed by atoms with Crippen molar-refractivity contribution in [1.82, 2.24) is 9.97 Å². The van der Waals surface area contributed by atoms with Gasteiger partial charge in [0.25, 0.3) is 0 Å². The zero-order valence-electron chi connectivity index (χ0n) is 8.27. The summed E-state index contributed by atoms with van der Waals surface area (Å²) in [6.07, 6.45) is 0.191. The molecule has 0 aliphatic rings. The lowest BCUT2D eigenvalue weighted by molar-refractivity contribution is -0.138. The minimum atomic E-state index is -1.03. The summed E-state index contributed by atoms with van der Waals surface area (Å²) >= 11 is 3.38. The highest BCUT2D eigenvalue weighted by Gasteiger charge is 2.15. The molecule has 0 aliphatic carbocycles. The van der Waals surface area contributed by atoms with Gasteiger partial charge in [-0.15, -0.1) is 0 Å². The number of imidazole rings is 1. The molecule has 84 valence electrons. The number of carbonyl (C=O) groups is 1. The number of fused-ring (bicyclic) bond motifs is 1. The number of carboxylic acids is 1. The van der Waals surface area contributed by atoms with Crippen molar-refractivity contribution in [3.63, 3.8) is 0 Å². The first-order chi connectivity index (χ1) is 7.58. The van der Waals surface area contributed by atoms with Crippen LogP contribution in [-0.2, 0) is 11.2 Å². The number of aromatic amines is 1. The monoisotopic (exact) mass is 283 g/mol. The van der Waals surface area contributed by atoms with Gasteiger partial charge < -0.3 is 15.8 Å². The van der Waals surface area contributed by atoms with Crippen LogP contribution in [0.4, 0.5) is 0 Å². The van der Waals surface area contributed by atoms with E-state index in [1.54, 1.807) is 0 Å². The Balaban J connectivity index is 2.33. The zero-order valence-corrected chi connectivity index (χ0v) is 9.86. The van der Waals surface area contributed by atoms with E-state index in [2.05, 4.69) is 25.9 Å². The van der Waals surface area contributed by atoms with Gasteiger partial charge in [-0.05, 0) is 28.1 Å². The summed E-state index contributed by atoms with van der Waals surface area (Å²) in [5, 5.41) is 8.70. The minimum Gasteiger partial charge on any atom is -0.480 e. The molecule has 1 atom stereocenters. The third-order valence-corrected chi connectivity index (χ3v) is 2.88. The van der Waals surface area contributed by atoms with Crippen LogP contribution in [0.25, 0.3) is 11.0 Å². The molecule has 4 N–H and O–H groups in total. The number of rotatable bonds is 3. The number of nitrogens with zero attached hydrogens (tertiary/aromatic N) is 1. The summed E-state index contributed by atoms with van der Waals surface area (Å²) in [5.41, 5.74) is 7.09. The minimum absolute atomic E-state index is 0.191. The lowest BCUT2D eigenvalue weighted by atomic mass is 10.2. The number of aliphatic carboxylic acids is 1. The predicted molar refractivity (Wildman–Crippen MR) is 63.1 cm³/mol. The molecular weight excluding hydrogens is 274 g/mol. The fraction of sp³-hybridized carbons (Fsp3) is 0.200. The van der Waals surface area contributed by atoms with Crippen molar-refractivity contribution in [2.24, 2.45) is 5.73 Å². The van der Waals surface area contributed by atoms with E-state index in [1.165, 1.54) is 0 Å². The Morgan fingerprint density at radius 2 is 2.38 bits per heavy atom. The third kappa shape index (κ3) is 2.07. The molecule has 0 saturated heterocycles. The second kappa shape index (κ2) is 4.23. The molecular formula is C10H10BrN3O2. The maximum atomic E-state index is 10.6. The molecule has 0 radical (unpaired) electrons. The first-order valence-electron chi connectivity index (χ1n) is 4.69. The largest absolute Gasteiger partial charge is 0.480 e. The molecule has 0 spiro atoms. The Morgan fingerprint density at radius 3 is 3.00 bits per heavy atom. The second-order valence-electron chi connectivity index (χ2n) is 3.47. The van der Waals surface area contributed by atoms with E-state index in [-0.39, 0.29) is 6.42 Å². The van der Waals surface area contributed by atoms with Crippen molar-refractivity contribution in [3.8, 4) is 0 Å². The molecule has 2 rings (SSSR count). The van der Waals surface area contributed by atoms with Gasteiger partial charge in [0.05, 0.1) is 5.52 Å². The first kappa shape index (κ1) is 11.1. The number of hydrogen-bond acceptors (Lipinski definition) is 3. The zero-order chi connectivity index (χ0) is 11.7. The number of nitrogens with two attached hydrogens (primary N) is 1. The summed E-state index contributed by atoms with van der Waals surface area (Å²) < 4.78 is 0.872. The lowest BCUT2D eigenvalue weighted by Crippen LogP contribution is -2.32. The number of para-hydroxylation sites is 1. The molecule has 0 bridgehead atoms. The molecule has 1 aromatic carbocycles. The molecule has 0 fully saturated rings. The number of nitrogens with one attached hydrogen (secondary N) is 1. The number of hydrogen-bond donors (Lipinski definition) is 3. The van der Waals surface area contributed by atoms with Crippen LogP contribution in [0.1, 0.15) is 5.82 Å². The Kier molecular flexibility index (Phi) is 2.93. The fourth-order valence-corrected chi connectivity index (χ4v) is 1.90. The molecule has 2 aromatic rings. The highest BCUT2D eigenvalue weighted by atomic mass is 79.9. The van der Waals surface area contributed by atoms with E-state index in [1.807, 2.05) is 18.2 Å². The van der Waals surface area contributed by atoms with E-state index in [4.69, 9.17) is 10.8 Å². The summed E-state index contributed by atoms with van der Waals surface area (Å²) in [5.74, 6) is -0.448. The van der Waals surface area contributed by atoms with Crippen molar-refractivity contribution in [2.75, 3.05) is 0 Å². The number of carboxylic acid groups (broad SMARTS) is 1. The molecule has 0 aliphatic heterocycles. The van der Waals surface area contributed by atoms with Gasteiger partial charge in [0.15, 0.2) is 0 Å². The van der Waals surface area contributed by atoms with Crippen LogP contribution in [0.3, 0.4) is 0 Å². The SMILES string of the molecule is NC(Cc1nc2c(Br)cccc2[nH]1)C(=O)O. The van der Waals surface area contributed by atoms with Crippen LogP contribution in [0, 0.1) is 0 Å². The Morgan fingerprint density at radius 1 is 1.62 bits per heavy atom. The van der Waals surface area contributed by atoms with Gasteiger partial charge >= 0.3 is 5.97 Å². The molecule has 0 saturated carbocycles. The second-order valence-corrected chi connectivity index (χ2v) is 4.32. The third-order valence-electron chi connectivity index (χ3n) is 2.24. The van der Waals surface area contributed by atoms with Crippen LogP contribution in [0.15, 0.2) is 22.7 Å². The summed E-state index contributed by atoms with van der Waals surface area (Å²) in [6, 6.07) is 4.71. The molecule has 1 aromatic heterocycles. The van der Waals surface area contributed by atoms with E-state index in [0.717, 1.165) is 15.5 Å². The summed E-state index contributed by atoms with van der Waals surface area (Å²) in [7, 11) is 0. The topological polar surface area (TPSA) is 92.0 Å². The van der Waals surface area contributed by atoms with Crippen LogP contribution in [-0.4, -0.2) is 27.1 Å². The molecule has 16 heavy (non-hydrogen) atoms. The van der Waals surface area contributed by atoms with Crippen molar-refractivity contribution in [2.45, 2.75) is 12.5 Å². The maximum absolute atomic E-state index is 10.6. The number of benzene rings is 1. The Labute approximate surface area is 99.8 Å². The van der Waals surface area contributed by atoms with Gasteiger partial charge in [0.1, 0.15) is 17.4 Å². The van der Waals surface area contributed by atoms with Gasteiger partial charge in [0, 0.05) is 10.9 Å². The van der Waals surface area contributed by atoms with Crippen molar-refractivity contribution in [3.05, 3.63) is 28.5 Å². The van der Waals surface area contributed by atoms with Crippen LogP contribution in [0.5, 0.6) is 0 Å². The fourth-order valence-electron chi connectivity index (χ4n) is 1.44. The van der Waals surface area contributed by atoms with Gasteiger partial charge in [0.2, 0.25) is 0 Å². The van der Waals surface area contributed by atoms with Gasteiger partial charge in [-0.1, -0.05) is 6.07 Å². The van der Waals surface area contributed by atoms with Crippen molar-refractivity contribution >= 4 is 32.9 Å². The predicted octanol–water partition coefficient (Wildman–Crippen LogP) is 1.28. The summed E-state index contributed by atoms with van der Waals surface area (Å²) in [4.78, 5) is 17.9. The molecule has 1 heterocycles. The van der Waals surface area contributed by atoms with E-state index in [9.17, 15) is 4.79 Å². The first-order valence-corrected chi connectivity index (χ1v) is 5.48. The van der Waals surface area contributed by atoms with Crippen molar-refractivity contribution in [1.29, 1.82) is 0 Å². The molecule has 1 unspecified atom stereocenters. The smallest absolute Gasteiger partial charge is 0.320 e. The number of halogens is 1. The summed E-state index contributed by atoms with van der Waals surface area (Å²) in [6.45, 7) is 0. The average molecular weight is 284 g/mol. The highest BCUT2D eigenvalue weighted by Crippen LogP contribution is 2.21. The maximum Gasteiger partial charge on any atom is 0.320 e. The number of aromatic nitrogens is 2. The van der Waals surface area contributed by atoms with Gasteiger partial charge in [-0.25, -0.2) is 4.98 Å². The normalized spacial score (nSPS) is 12.9. The van der Waals surface area contributed by atoms with E-state index < -0.39 is 12.0 Å². The van der Waals surface area contributed by atoms with Crippen molar-refractivity contribution < 1.29 is 9.90 Å². The van der Waals surface area contributed by atoms with Crippen LogP contribution < -0.4 is 5.73 Å². The molecule has 5 nitrogen and oxygen atoms in total. The number of H-pyrrole nitrogens is 1. The highest BCUT2D eigenvalue weighted by molar-refractivity contribution is 9.10. The molecule has 6 heteroatoms. The van der Waals surface area contributed by atoms with E-state index >= 15 is 0 Å². The standard InChI is InChI=1S/C10H10BrN3O2/c11-5-2-1-3-7-9(5)14-8(13-7)4-6(12)10(15)16/h1-3,6H,4,12H2,(H,13,14)(H,15,16). The van der Waals surface area contributed by atoms with E-state index in [0.29, 0.717) is 5.82 Å². The lowest BCUT2D eigenvalue weighted by Gasteiger charge is -2.01. The Bertz CT molecular complexity index is 538. The van der Waals surface area contributed by atoms with Gasteiger partial charge in [-0.2, -0.15) is 0 Å². The molecule has 0 amide bonds. The van der Waals surface area contributed by atoms with Gasteiger partial charge in [-0.3, -0.25) is 4.79 Å².